The Morgan fingerprint density at radius 1 is 0.523 bits per heavy atom. The standard InChI is InChI=1S/C41H27NO2/c1-3-11-26(12-4-1)30-23-34(28-13-5-2-6-14-28)42-35(24-30)29-21-19-27(20-22-29)33-25-38-39(31-15-7-9-17-36(31)43-38)40-32-16-8-10-18-37(32)44-41(33)40/h1-23,25,35H,24H2. The lowest BCUT2D eigenvalue weighted by Crippen LogP contribution is -2.10. The Bertz CT molecular complexity index is 2390. The maximum absolute atomic E-state index is 6.57. The fourth-order valence-corrected chi connectivity index (χ4v) is 6.70. The van der Waals surface area contributed by atoms with E-state index in [0.717, 1.165) is 72.7 Å². The molecule has 3 nitrogen and oxygen atoms in total. The van der Waals surface area contributed by atoms with Crippen molar-refractivity contribution in [2.24, 2.45) is 4.99 Å². The van der Waals surface area contributed by atoms with Crippen LogP contribution in [0.25, 0.3) is 60.6 Å². The van der Waals surface area contributed by atoms with Crippen LogP contribution in [0.1, 0.15) is 29.2 Å². The predicted molar refractivity (Wildman–Crippen MR) is 181 cm³/mol. The quantitative estimate of drug-likeness (QED) is 0.213. The molecule has 0 radical (unpaired) electrons. The van der Waals surface area contributed by atoms with Gasteiger partial charge in [0.2, 0.25) is 0 Å². The number of fused-ring (bicyclic) bond motifs is 7. The molecule has 9 rings (SSSR count). The molecule has 1 aliphatic heterocycles. The maximum atomic E-state index is 6.57. The van der Waals surface area contributed by atoms with Crippen LogP contribution in [0.2, 0.25) is 0 Å². The molecule has 0 saturated carbocycles. The zero-order valence-electron chi connectivity index (χ0n) is 23.9. The number of benzene rings is 6. The van der Waals surface area contributed by atoms with Crippen molar-refractivity contribution in [1.82, 2.24) is 0 Å². The van der Waals surface area contributed by atoms with Crippen LogP contribution in [-0.2, 0) is 0 Å². The van der Waals surface area contributed by atoms with E-state index in [1.165, 1.54) is 16.7 Å². The van der Waals surface area contributed by atoms with Gasteiger partial charge < -0.3 is 8.83 Å². The molecule has 0 aliphatic carbocycles. The second-order valence-electron chi connectivity index (χ2n) is 11.5. The lowest BCUT2D eigenvalue weighted by molar-refractivity contribution is 0.664. The first kappa shape index (κ1) is 24.9. The Morgan fingerprint density at radius 2 is 1.14 bits per heavy atom. The first-order chi connectivity index (χ1) is 21.8. The summed E-state index contributed by atoms with van der Waals surface area (Å²) < 4.78 is 13.0. The molecule has 3 heteroatoms. The van der Waals surface area contributed by atoms with Gasteiger partial charge in [0.05, 0.1) is 11.8 Å². The van der Waals surface area contributed by atoms with Gasteiger partial charge in [-0.2, -0.15) is 0 Å². The largest absolute Gasteiger partial charge is 0.456 e. The summed E-state index contributed by atoms with van der Waals surface area (Å²) in [7, 11) is 0. The maximum Gasteiger partial charge on any atom is 0.144 e. The number of hydrogen-bond donors (Lipinski definition) is 0. The minimum absolute atomic E-state index is 0.0172. The predicted octanol–water partition coefficient (Wildman–Crippen LogP) is 11.2. The summed E-state index contributed by atoms with van der Waals surface area (Å²) in [5, 5.41) is 4.41. The fraction of sp³-hybridized carbons (Fsp3) is 0.0488. The van der Waals surface area contributed by atoms with E-state index >= 15 is 0 Å². The van der Waals surface area contributed by atoms with Gasteiger partial charge in [-0.3, -0.25) is 4.99 Å². The lowest BCUT2D eigenvalue weighted by atomic mass is 9.89. The van der Waals surface area contributed by atoms with Crippen molar-refractivity contribution in [3.05, 3.63) is 162 Å². The minimum Gasteiger partial charge on any atom is -0.456 e. The van der Waals surface area contributed by atoms with E-state index in [1.54, 1.807) is 0 Å². The fourth-order valence-electron chi connectivity index (χ4n) is 6.70. The van der Waals surface area contributed by atoms with Crippen molar-refractivity contribution in [2.45, 2.75) is 12.5 Å². The van der Waals surface area contributed by atoms with Crippen LogP contribution in [-0.4, -0.2) is 5.71 Å². The van der Waals surface area contributed by atoms with Crippen molar-refractivity contribution < 1.29 is 8.83 Å². The molecule has 6 aromatic carbocycles. The molecular formula is C41H27NO2. The minimum atomic E-state index is 0.0172. The summed E-state index contributed by atoms with van der Waals surface area (Å²) in [5.41, 5.74) is 11.5. The highest BCUT2D eigenvalue weighted by atomic mass is 16.3. The zero-order chi connectivity index (χ0) is 29.0. The van der Waals surface area contributed by atoms with Crippen molar-refractivity contribution in [3.8, 4) is 11.1 Å². The Hall–Kier alpha value is -5.67. The average Bonchev–Trinajstić information content (AvgIpc) is 3.67. The Kier molecular flexibility index (Phi) is 5.63. The molecule has 1 unspecified atom stereocenters. The van der Waals surface area contributed by atoms with E-state index in [-0.39, 0.29) is 6.04 Å². The SMILES string of the molecule is C1=C(c2ccccc2)CC(c2ccc(-c3cc4oc5ccccc5c4c4c3oc3ccccc34)cc2)N=C1c1ccccc1. The third-order valence-electron chi connectivity index (χ3n) is 8.83. The summed E-state index contributed by atoms with van der Waals surface area (Å²) >= 11 is 0. The molecule has 44 heavy (non-hydrogen) atoms. The molecular weight excluding hydrogens is 538 g/mol. The van der Waals surface area contributed by atoms with Crippen LogP contribution >= 0.6 is 0 Å². The van der Waals surface area contributed by atoms with Gasteiger partial charge in [-0.05, 0) is 58.5 Å². The highest BCUT2D eigenvalue weighted by molar-refractivity contribution is 6.28. The van der Waals surface area contributed by atoms with Gasteiger partial charge in [-0.25, -0.2) is 0 Å². The zero-order valence-corrected chi connectivity index (χ0v) is 23.9. The van der Waals surface area contributed by atoms with Crippen molar-refractivity contribution in [2.75, 3.05) is 0 Å². The highest BCUT2D eigenvalue weighted by Gasteiger charge is 2.23. The van der Waals surface area contributed by atoms with Crippen LogP contribution in [0, 0.1) is 0 Å². The van der Waals surface area contributed by atoms with Crippen LogP contribution < -0.4 is 0 Å². The van der Waals surface area contributed by atoms with E-state index in [9.17, 15) is 0 Å². The number of aliphatic imine (C=N–C) groups is 1. The van der Waals surface area contributed by atoms with Gasteiger partial charge in [-0.1, -0.05) is 121 Å². The molecule has 8 aromatic rings. The third kappa shape index (κ3) is 4.01. The van der Waals surface area contributed by atoms with E-state index < -0.39 is 0 Å². The highest BCUT2D eigenvalue weighted by Crippen LogP contribution is 2.45. The molecule has 0 amide bonds. The van der Waals surface area contributed by atoms with Crippen LogP contribution in [0.4, 0.5) is 0 Å². The Labute approximate surface area is 254 Å². The Morgan fingerprint density at radius 3 is 1.86 bits per heavy atom. The lowest BCUT2D eigenvalue weighted by Gasteiger charge is -2.22. The number of nitrogens with zero attached hydrogens (tertiary/aromatic N) is 1. The van der Waals surface area contributed by atoms with Gasteiger partial charge in [0.15, 0.2) is 0 Å². The van der Waals surface area contributed by atoms with Gasteiger partial charge in [-0.15, -0.1) is 0 Å². The normalized spacial score (nSPS) is 15.2. The Balaban J connectivity index is 1.17. The molecule has 2 aromatic heterocycles. The van der Waals surface area contributed by atoms with Crippen LogP contribution in [0.5, 0.6) is 0 Å². The van der Waals surface area contributed by atoms with Crippen LogP contribution in [0.15, 0.2) is 159 Å². The number of furan rings is 2. The van der Waals surface area contributed by atoms with Crippen LogP contribution in [0.3, 0.4) is 0 Å². The molecule has 0 spiro atoms. The number of rotatable bonds is 4. The van der Waals surface area contributed by atoms with Gasteiger partial charge in [0.25, 0.3) is 0 Å². The van der Waals surface area contributed by atoms with E-state index in [1.807, 2.05) is 30.3 Å². The number of dihydropyridines is 1. The summed E-state index contributed by atoms with van der Waals surface area (Å²) in [5.74, 6) is 0. The second kappa shape index (κ2) is 9.96. The summed E-state index contributed by atoms with van der Waals surface area (Å²) in [4.78, 5) is 5.25. The van der Waals surface area contributed by atoms with Gasteiger partial charge in [0.1, 0.15) is 22.3 Å². The third-order valence-corrected chi connectivity index (χ3v) is 8.83. The summed E-state index contributed by atoms with van der Waals surface area (Å²) in [6.07, 6.45) is 3.09. The average molecular weight is 566 g/mol. The molecule has 0 bridgehead atoms. The second-order valence-corrected chi connectivity index (χ2v) is 11.5. The molecule has 1 atom stereocenters. The smallest absolute Gasteiger partial charge is 0.144 e. The first-order valence-electron chi connectivity index (χ1n) is 15.1. The van der Waals surface area contributed by atoms with E-state index in [4.69, 9.17) is 13.8 Å². The van der Waals surface area contributed by atoms with Crippen molar-refractivity contribution in [1.29, 1.82) is 0 Å². The van der Waals surface area contributed by atoms with E-state index in [0.29, 0.717) is 0 Å². The summed E-state index contributed by atoms with van der Waals surface area (Å²) in [6.45, 7) is 0. The van der Waals surface area contributed by atoms with Crippen molar-refractivity contribution in [3.63, 3.8) is 0 Å². The molecule has 0 fully saturated rings. The molecule has 3 heterocycles. The molecule has 208 valence electrons. The molecule has 0 N–H and O–H groups in total. The van der Waals surface area contributed by atoms with Gasteiger partial charge >= 0.3 is 0 Å². The number of allylic oxidation sites excluding steroid dienone is 1. The molecule has 0 saturated heterocycles. The van der Waals surface area contributed by atoms with Gasteiger partial charge in [0, 0.05) is 27.1 Å². The summed E-state index contributed by atoms with van der Waals surface area (Å²) in [6, 6.07) is 48.6. The first-order valence-corrected chi connectivity index (χ1v) is 15.1. The molecule has 1 aliphatic rings. The number of hydrogen-bond acceptors (Lipinski definition) is 3. The van der Waals surface area contributed by atoms with E-state index in [2.05, 4.69) is 115 Å². The monoisotopic (exact) mass is 565 g/mol. The topological polar surface area (TPSA) is 38.6 Å². The van der Waals surface area contributed by atoms with Crippen molar-refractivity contribution >= 4 is 55.2 Å². The number of para-hydroxylation sites is 2.